The Morgan fingerprint density at radius 3 is 1.67 bits per heavy atom. The van der Waals surface area contributed by atoms with Gasteiger partial charge in [-0.25, -0.2) is 34.4 Å². The van der Waals surface area contributed by atoms with Gasteiger partial charge in [0.2, 0.25) is 11.8 Å². The predicted octanol–water partition coefficient (Wildman–Crippen LogP) is 6.24. The van der Waals surface area contributed by atoms with Crippen LogP contribution in [-0.4, -0.2) is 138 Å². The second-order valence-corrected chi connectivity index (χ2v) is 26.1. The van der Waals surface area contributed by atoms with Crippen LogP contribution in [0.1, 0.15) is 141 Å². The molecule has 8 aliphatic rings. The number of carbonyl (C=O) groups excluding carboxylic acids is 2. The number of aromatic nitrogens is 7. The maximum atomic E-state index is 13.4. The lowest BCUT2D eigenvalue weighted by atomic mass is 9.87. The molecular weight excluding hydrogens is 957 g/mol. The highest BCUT2D eigenvalue weighted by Gasteiger charge is 2.62. The van der Waals surface area contributed by atoms with Crippen LogP contribution in [0.4, 0.5) is 17.6 Å². The zero-order valence-electron chi connectivity index (χ0n) is 39.6. The van der Waals surface area contributed by atoms with Gasteiger partial charge in [-0.15, -0.1) is 11.5 Å². The van der Waals surface area contributed by atoms with Gasteiger partial charge in [-0.1, -0.05) is 10.3 Å². The number of hydrogen-bond donors (Lipinski definition) is 0. The Morgan fingerprint density at radius 2 is 1.20 bits per heavy atom. The second-order valence-electron chi connectivity index (χ2n) is 20.9. The summed E-state index contributed by atoms with van der Waals surface area (Å²) in [5.41, 5.74) is 12.3. The average molecular weight is 1020 g/mol. The molecule has 0 saturated heterocycles. The number of halogens is 4. The van der Waals surface area contributed by atoms with Crippen LogP contribution in [-0.2, 0) is 53.2 Å². The van der Waals surface area contributed by atoms with Gasteiger partial charge in [0.05, 0.1) is 26.2 Å². The zero-order valence-corrected chi connectivity index (χ0v) is 41.2. The van der Waals surface area contributed by atoms with Crippen LogP contribution in [0.15, 0.2) is 11.3 Å². The average Bonchev–Trinajstić information content (AvgIpc) is 4.12. The van der Waals surface area contributed by atoms with Gasteiger partial charge in [0.15, 0.2) is 19.7 Å². The van der Waals surface area contributed by atoms with E-state index in [1.165, 1.54) is 4.68 Å². The van der Waals surface area contributed by atoms with Crippen molar-refractivity contribution in [1.82, 2.24) is 44.4 Å². The second kappa shape index (κ2) is 18.6. The van der Waals surface area contributed by atoms with E-state index in [-0.39, 0.29) is 66.4 Å². The molecule has 24 heteroatoms. The highest BCUT2D eigenvalue weighted by molar-refractivity contribution is 7.94. The summed E-state index contributed by atoms with van der Waals surface area (Å²) < 4.78 is 107. The molecule has 18 nitrogen and oxygen atoms in total. The van der Waals surface area contributed by atoms with Crippen molar-refractivity contribution in [3.63, 3.8) is 0 Å². The fourth-order valence-corrected chi connectivity index (χ4v) is 15.7. The van der Waals surface area contributed by atoms with Gasteiger partial charge < -0.3 is 9.80 Å². The summed E-state index contributed by atoms with van der Waals surface area (Å²) in [6, 6.07) is 0. The fraction of sp³-hybridized carbons (Fsp3) is 0.739. The minimum Gasteiger partial charge on any atom is -0.335 e. The summed E-state index contributed by atoms with van der Waals surface area (Å²) in [6.45, 7) is 2.40. The van der Waals surface area contributed by atoms with E-state index < -0.39 is 41.0 Å². The van der Waals surface area contributed by atoms with Crippen LogP contribution >= 0.6 is 0 Å². The summed E-state index contributed by atoms with van der Waals surface area (Å²) in [6.07, 6.45) is 15.6. The number of sulfone groups is 2. The molecule has 0 radical (unpaired) electrons. The number of amides is 2. The lowest BCUT2D eigenvalue weighted by Gasteiger charge is -2.31. The smallest absolute Gasteiger partial charge is 0.272 e. The van der Waals surface area contributed by atoms with Crippen molar-refractivity contribution in [2.75, 3.05) is 32.7 Å². The molecule has 2 aliphatic heterocycles. The van der Waals surface area contributed by atoms with Gasteiger partial charge in [0, 0.05) is 95.1 Å². The van der Waals surface area contributed by atoms with Crippen molar-refractivity contribution in [3.05, 3.63) is 44.8 Å². The number of nitrogens with zero attached hydrogens (tertiary/aromatic N) is 12. The lowest BCUT2D eigenvalue weighted by molar-refractivity contribution is -0.0477. The zero-order chi connectivity index (χ0) is 50.0. The molecule has 0 aromatic carbocycles. The molecule has 6 aliphatic carbocycles. The Labute approximate surface area is 404 Å². The third kappa shape index (κ3) is 9.95. The van der Waals surface area contributed by atoms with Crippen molar-refractivity contribution in [2.45, 2.75) is 154 Å². The Hall–Kier alpha value is -5.01. The van der Waals surface area contributed by atoms with Crippen molar-refractivity contribution < 1.29 is 44.0 Å². The number of alkyl halides is 4. The van der Waals surface area contributed by atoms with Crippen molar-refractivity contribution in [2.24, 2.45) is 31.0 Å². The number of hydrogen-bond acceptors (Lipinski definition) is 11. The summed E-state index contributed by atoms with van der Waals surface area (Å²) in [5, 5.41) is 20.2. The molecule has 0 atom stereocenters. The van der Waals surface area contributed by atoms with E-state index in [0.717, 1.165) is 36.8 Å². The van der Waals surface area contributed by atoms with Crippen LogP contribution in [0, 0.1) is 24.2 Å². The van der Waals surface area contributed by atoms with Crippen LogP contribution in [0.25, 0.3) is 21.8 Å². The molecule has 6 fully saturated rings. The quantitative estimate of drug-likeness (QED) is 0.0616. The van der Waals surface area contributed by atoms with Crippen LogP contribution in [0.3, 0.4) is 0 Å². The molecule has 0 bridgehead atoms. The number of rotatable bonds is 13. The van der Waals surface area contributed by atoms with Crippen molar-refractivity contribution in [3.8, 4) is 23.7 Å². The van der Waals surface area contributed by atoms with Crippen molar-refractivity contribution in [1.29, 1.82) is 0 Å². The normalized spacial score (nSPS) is 23.4. The number of carbonyl (C=O) groups is 2. The van der Waals surface area contributed by atoms with E-state index in [9.17, 15) is 44.0 Å². The Balaban J connectivity index is 0.000000148. The molecule has 5 heterocycles. The number of azide groups is 1. The third-order valence-corrected chi connectivity index (χ3v) is 21.9. The van der Waals surface area contributed by atoms with Gasteiger partial charge in [0.25, 0.3) is 11.8 Å². The molecule has 11 rings (SSSR count). The molecular formula is C46H60F4N12O6S2. The highest BCUT2D eigenvalue weighted by Crippen LogP contribution is 2.52. The lowest BCUT2D eigenvalue weighted by Crippen LogP contribution is -2.46. The topological polar surface area (TPSA) is 224 Å². The first-order chi connectivity index (χ1) is 33.1. The monoisotopic (exact) mass is 1020 g/mol. The SMILES string of the molecule is C#Cc1nn(C)c2c1CCN(CC1(S(=O)(=O)C3CC3)CC1)C2=O.Cn1nc(-c2cn(CC3CCC(F)(F)CC3)nn2)c2c1C(=O)N(CC1(S(=O)(=O)C3CC3)CC1)CC2.[N-]=[N+]=NCC1CCC(F)(F)CC1. The molecule has 6 saturated carbocycles. The highest BCUT2D eigenvalue weighted by atomic mass is 32.2. The number of terminal acetylenes is 1. The largest absolute Gasteiger partial charge is 0.335 e. The summed E-state index contributed by atoms with van der Waals surface area (Å²) in [7, 11) is -2.89. The maximum absolute atomic E-state index is 13.4. The van der Waals surface area contributed by atoms with Gasteiger partial charge in [-0.05, 0) is 113 Å². The van der Waals surface area contributed by atoms with E-state index >= 15 is 0 Å². The third-order valence-electron chi connectivity index (χ3n) is 15.7. The van der Waals surface area contributed by atoms with Crippen molar-refractivity contribution >= 4 is 31.5 Å². The first-order valence-electron chi connectivity index (χ1n) is 24.4. The van der Waals surface area contributed by atoms with Gasteiger partial charge >= 0.3 is 0 Å². The molecule has 70 heavy (non-hydrogen) atoms. The van der Waals surface area contributed by atoms with E-state index in [1.54, 1.807) is 39.5 Å². The predicted molar refractivity (Wildman–Crippen MR) is 248 cm³/mol. The summed E-state index contributed by atoms with van der Waals surface area (Å²) >= 11 is 0. The van der Waals surface area contributed by atoms with Crippen LogP contribution in [0.2, 0.25) is 0 Å². The Bertz CT molecular complexity index is 2830. The van der Waals surface area contributed by atoms with E-state index in [2.05, 4.69) is 36.5 Å². The molecule has 0 unspecified atom stereocenters. The molecule has 3 aromatic heterocycles. The standard InChI is InChI=1S/C23H30F2N6O3S.C16H19N3O3S.C7H11F2N3/c1-29-20-17(6-11-30(21(20)32)14-22(9-10-22)35(33,34)16-2-3-16)19(27-29)18-13-31(28-26-18)12-15-4-7-23(24,25)8-5-15;1-3-13-12-6-9-19(15(20)14(12)18(2)17-13)10-16(7-8-16)23(21,22)11-4-5-11;8-7(9)3-1-6(2-4-7)5-11-12-10/h13,15-16H,2-12,14H2,1H3;1,11H,4-10H2,2H3;6H,1-5H2. The Kier molecular flexibility index (Phi) is 13.2. The summed E-state index contributed by atoms with van der Waals surface area (Å²) in [5.74, 6) is -2.56. The van der Waals surface area contributed by atoms with Crippen LogP contribution in [0.5, 0.6) is 0 Å². The first-order valence-corrected chi connectivity index (χ1v) is 27.5. The molecule has 0 spiro atoms. The maximum Gasteiger partial charge on any atom is 0.272 e. The van der Waals surface area contributed by atoms with Gasteiger partial charge in [-0.2, -0.15) is 10.2 Å². The number of aryl methyl sites for hydroxylation is 2. The number of fused-ring (bicyclic) bond motifs is 2. The molecule has 2 amide bonds. The van der Waals surface area contributed by atoms with Gasteiger partial charge in [0.1, 0.15) is 28.5 Å². The summed E-state index contributed by atoms with van der Waals surface area (Å²) in [4.78, 5) is 32.1. The molecule has 380 valence electrons. The Morgan fingerprint density at radius 1 is 0.729 bits per heavy atom. The fourth-order valence-electron chi connectivity index (χ4n) is 10.7. The van der Waals surface area contributed by atoms with E-state index in [4.69, 9.17) is 12.0 Å². The van der Waals surface area contributed by atoms with Gasteiger partial charge in [-0.3, -0.25) is 23.6 Å². The first kappa shape index (κ1) is 50.0. The molecule has 0 N–H and O–H groups in total. The minimum absolute atomic E-state index is 0.0569. The van der Waals surface area contributed by atoms with E-state index in [1.807, 2.05) is 0 Å². The molecule has 3 aromatic rings. The van der Waals surface area contributed by atoms with Crippen LogP contribution < -0.4 is 0 Å². The minimum atomic E-state index is -3.20. The van der Waals surface area contributed by atoms with E-state index in [0.29, 0.717) is 125 Å².